The van der Waals surface area contributed by atoms with Crippen molar-refractivity contribution >= 4 is 11.6 Å². The van der Waals surface area contributed by atoms with E-state index in [9.17, 15) is 9.50 Å². The lowest BCUT2D eigenvalue weighted by Gasteiger charge is -2.18. The molecule has 1 aliphatic carbocycles. The molecule has 1 aromatic carbocycles. The number of benzene rings is 1. The van der Waals surface area contributed by atoms with Crippen molar-refractivity contribution < 1.29 is 9.50 Å². The highest BCUT2D eigenvalue weighted by Crippen LogP contribution is 2.30. The normalized spacial score (nSPS) is 17.4. The van der Waals surface area contributed by atoms with Crippen molar-refractivity contribution in [2.24, 2.45) is 5.92 Å². The summed E-state index contributed by atoms with van der Waals surface area (Å²) in [5.41, 5.74) is 0.368. The maximum Gasteiger partial charge on any atom is 0.129 e. The molecule has 88 valence electrons. The molecule has 2 N–H and O–H groups in total. The summed E-state index contributed by atoms with van der Waals surface area (Å²) in [5, 5.41) is 12.8. The lowest BCUT2D eigenvalue weighted by molar-refractivity contribution is 0.240. The van der Waals surface area contributed by atoms with E-state index in [1.807, 2.05) is 0 Å². The number of halogens is 2. The zero-order chi connectivity index (χ0) is 11.5. The standard InChI is InChI=1S/C12H15ClFNO/c13-9-2-1-3-10(14)12(9)11(7-16)15-6-8-4-5-8/h1-3,8,11,15-16H,4-7H2. The Bertz CT molecular complexity index is 348. The second kappa shape index (κ2) is 5.13. The lowest BCUT2D eigenvalue weighted by atomic mass is 10.1. The van der Waals surface area contributed by atoms with Gasteiger partial charge in [-0.1, -0.05) is 17.7 Å². The molecule has 1 fully saturated rings. The average molecular weight is 244 g/mol. The fourth-order valence-electron chi connectivity index (χ4n) is 1.73. The molecular weight excluding hydrogens is 229 g/mol. The molecule has 2 rings (SSSR count). The fraction of sp³-hybridized carbons (Fsp3) is 0.500. The summed E-state index contributed by atoms with van der Waals surface area (Å²) < 4.78 is 13.6. The van der Waals surface area contributed by atoms with Gasteiger partial charge in [0.15, 0.2) is 0 Å². The number of aliphatic hydroxyl groups excluding tert-OH is 1. The molecule has 4 heteroatoms. The van der Waals surface area contributed by atoms with E-state index in [1.54, 1.807) is 12.1 Å². The van der Waals surface area contributed by atoms with Gasteiger partial charge in [0.1, 0.15) is 5.82 Å². The minimum atomic E-state index is -0.408. The van der Waals surface area contributed by atoms with Crippen LogP contribution in [-0.2, 0) is 0 Å². The number of aliphatic hydroxyl groups is 1. The van der Waals surface area contributed by atoms with Crippen LogP contribution in [0.3, 0.4) is 0 Å². The predicted octanol–water partition coefficient (Wildman–Crippen LogP) is 2.51. The second-order valence-corrected chi connectivity index (χ2v) is 4.63. The third-order valence-corrected chi connectivity index (χ3v) is 3.21. The monoisotopic (exact) mass is 243 g/mol. The predicted molar refractivity (Wildman–Crippen MR) is 62.0 cm³/mol. The molecule has 0 bridgehead atoms. The molecule has 1 aliphatic rings. The van der Waals surface area contributed by atoms with Gasteiger partial charge in [-0.15, -0.1) is 0 Å². The van der Waals surface area contributed by atoms with Crippen LogP contribution < -0.4 is 5.32 Å². The first-order chi connectivity index (χ1) is 7.72. The Kier molecular flexibility index (Phi) is 3.79. The van der Waals surface area contributed by atoms with Crippen molar-refractivity contribution in [1.82, 2.24) is 5.32 Å². The van der Waals surface area contributed by atoms with Crippen LogP contribution >= 0.6 is 11.6 Å². The minimum absolute atomic E-state index is 0.145. The molecule has 0 aliphatic heterocycles. The fourth-order valence-corrected chi connectivity index (χ4v) is 2.03. The molecule has 16 heavy (non-hydrogen) atoms. The molecule has 1 aromatic rings. The first-order valence-electron chi connectivity index (χ1n) is 5.50. The summed E-state index contributed by atoms with van der Waals surface area (Å²) >= 11 is 5.94. The quantitative estimate of drug-likeness (QED) is 0.833. The van der Waals surface area contributed by atoms with Gasteiger partial charge in [0.2, 0.25) is 0 Å². The van der Waals surface area contributed by atoms with Crippen molar-refractivity contribution in [3.8, 4) is 0 Å². The van der Waals surface area contributed by atoms with Gasteiger partial charge in [-0.05, 0) is 37.4 Å². The molecule has 1 atom stereocenters. The highest BCUT2D eigenvalue weighted by Gasteiger charge is 2.24. The zero-order valence-electron chi connectivity index (χ0n) is 8.92. The largest absolute Gasteiger partial charge is 0.394 e. The van der Waals surface area contributed by atoms with Crippen LogP contribution in [0.25, 0.3) is 0 Å². The molecule has 0 spiro atoms. The van der Waals surface area contributed by atoms with Crippen LogP contribution in [-0.4, -0.2) is 18.3 Å². The Hall–Kier alpha value is -0.640. The van der Waals surface area contributed by atoms with Crippen molar-refractivity contribution in [3.63, 3.8) is 0 Å². The van der Waals surface area contributed by atoms with Gasteiger partial charge in [0.05, 0.1) is 12.6 Å². The Labute approximate surface area is 99.4 Å². The van der Waals surface area contributed by atoms with Gasteiger partial charge in [0.25, 0.3) is 0 Å². The smallest absolute Gasteiger partial charge is 0.129 e. The van der Waals surface area contributed by atoms with E-state index in [-0.39, 0.29) is 12.4 Å². The molecule has 1 unspecified atom stereocenters. The van der Waals surface area contributed by atoms with Crippen molar-refractivity contribution in [3.05, 3.63) is 34.6 Å². The van der Waals surface area contributed by atoms with Crippen LogP contribution in [0, 0.1) is 11.7 Å². The second-order valence-electron chi connectivity index (χ2n) is 4.22. The average Bonchev–Trinajstić information content (AvgIpc) is 3.06. The lowest BCUT2D eigenvalue weighted by Crippen LogP contribution is -2.27. The van der Waals surface area contributed by atoms with E-state index in [2.05, 4.69) is 5.32 Å². The summed E-state index contributed by atoms with van der Waals surface area (Å²) in [6.45, 7) is 0.670. The van der Waals surface area contributed by atoms with Gasteiger partial charge < -0.3 is 10.4 Å². The summed E-state index contributed by atoms with van der Waals surface area (Å²) in [6.07, 6.45) is 2.44. The third-order valence-electron chi connectivity index (χ3n) is 2.88. The highest BCUT2D eigenvalue weighted by molar-refractivity contribution is 6.31. The molecule has 0 saturated heterocycles. The van der Waals surface area contributed by atoms with Crippen molar-refractivity contribution in [1.29, 1.82) is 0 Å². The number of hydrogen-bond donors (Lipinski definition) is 2. The Morgan fingerprint density at radius 1 is 1.50 bits per heavy atom. The molecule has 0 radical (unpaired) electrons. The van der Waals surface area contributed by atoms with Gasteiger partial charge >= 0.3 is 0 Å². The van der Waals surface area contributed by atoms with E-state index in [0.717, 1.165) is 6.54 Å². The molecule has 0 heterocycles. The molecular formula is C12H15ClFNO. The van der Waals surface area contributed by atoms with Crippen LogP contribution in [0.5, 0.6) is 0 Å². The molecule has 0 amide bonds. The Morgan fingerprint density at radius 2 is 2.25 bits per heavy atom. The topological polar surface area (TPSA) is 32.3 Å². The van der Waals surface area contributed by atoms with E-state index >= 15 is 0 Å². The van der Waals surface area contributed by atoms with Gasteiger partial charge in [-0.3, -0.25) is 0 Å². The summed E-state index contributed by atoms with van der Waals surface area (Å²) in [7, 11) is 0. The maximum absolute atomic E-state index is 13.6. The number of hydrogen-bond acceptors (Lipinski definition) is 2. The molecule has 2 nitrogen and oxygen atoms in total. The maximum atomic E-state index is 13.6. The summed E-state index contributed by atoms with van der Waals surface area (Å²) in [4.78, 5) is 0. The van der Waals surface area contributed by atoms with Gasteiger partial charge in [-0.2, -0.15) is 0 Å². The van der Waals surface area contributed by atoms with Crippen LogP contribution in [0.1, 0.15) is 24.4 Å². The zero-order valence-corrected chi connectivity index (χ0v) is 9.67. The van der Waals surface area contributed by atoms with Crippen LogP contribution in [0.2, 0.25) is 5.02 Å². The Morgan fingerprint density at radius 3 is 2.81 bits per heavy atom. The summed E-state index contributed by atoms with van der Waals surface area (Å²) in [6, 6.07) is 4.16. The van der Waals surface area contributed by atoms with Gasteiger partial charge in [-0.25, -0.2) is 4.39 Å². The number of nitrogens with one attached hydrogen (secondary N) is 1. The van der Waals surface area contributed by atoms with E-state index in [4.69, 9.17) is 11.6 Å². The highest BCUT2D eigenvalue weighted by atomic mass is 35.5. The first-order valence-corrected chi connectivity index (χ1v) is 5.88. The van der Waals surface area contributed by atoms with E-state index in [1.165, 1.54) is 18.9 Å². The van der Waals surface area contributed by atoms with Crippen molar-refractivity contribution in [2.45, 2.75) is 18.9 Å². The Balaban J connectivity index is 2.11. The van der Waals surface area contributed by atoms with Crippen LogP contribution in [0.15, 0.2) is 18.2 Å². The molecule has 1 saturated carbocycles. The van der Waals surface area contributed by atoms with Crippen LogP contribution in [0.4, 0.5) is 4.39 Å². The number of rotatable bonds is 5. The van der Waals surface area contributed by atoms with Gasteiger partial charge in [0, 0.05) is 10.6 Å². The first kappa shape index (κ1) is 11.8. The SMILES string of the molecule is OCC(NCC1CC1)c1c(F)cccc1Cl. The third kappa shape index (κ3) is 2.73. The molecule has 0 aromatic heterocycles. The van der Waals surface area contributed by atoms with E-state index in [0.29, 0.717) is 16.5 Å². The van der Waals surface area contributed by atoms with E-state index < -0.39 is 6.04 Å². The minimum Gasteiger partial charge on any atom is -0.394 e. The van der Waals surface area contributed by atoms with Crippen molar-refractivity contribution in [2.75, 3.05) is 13.2 Å². The summed E-state index contributed by atoms with van der Waals surface area (Å²) in [5.74, 6) is 0.314.